The molecule has 0 spiro atoms. The van der Waals surface area contributed by atoms with Crippen LogP contribution in [0.3, 0.4) is 0 Å². The molecular weight excluding hydrogens is 208 g/mol. The summed E-state index contributed by atoms with van der Waals surface area (Å²) in [6.45, 7) is 2.82. The van der Waals surface area contributed by atoms with Gasteiger partial charge in [-0.25, -0.2) is 4.79 Å². The molecule has 0 atom stereocenters. The van der Waals surface area contributed by atoms with E-state index in [0.717, 1.165) is 13.1 Å². The first-order valence-electron chi connectivity index (χ1n) is 5.52. The number of hydrogen-bond donors (Lipinski definition) is 3. The molecule has 3 N–H and O–H groups in total. The lowest BCUT2D eigenvalue weighted by Crippen LogP contribution is -2.45. The third-order valence-corrected chi connectivity index (χ3v) is 2.47. The first-order chi connectivity index (χ1) is 7.59. The fourth-order valence-corrected chi connectivity index (χ4v) is 1.36. The molecule has 0 bridgehead atoms. The predicted octanol–water partition coefficient (Wildman–Crippen LogP) is -1.02. The highest BCUT2D eigenvalue weighted by molar-refractivity contribution is 5.76. The second-order valence-corrected chi connectivity index (χ2v) is 4.20. The van der Waals surface area contributed by atoms with Gasteiger partial charge in [0, 0.05) is 33.6 Å². The number of rotatable bonds is 5. The highest BCUT2D eigenvalue weighted by atomic mass is 16.2. The summed E-state index contributed by atoms with van der Waals surface area (Å²) < 4.78 is 0. The minimum atomic E-state index is -0.141. The number of carbonyl (C=O) groups excluding carboxylic acids is 2. The molecule has 0 aromatic carbocycles. The molecule has 6 nitrogen and oxygen atoms in total. The smallest absolute Gasteiger partial charge is 0.316 e. The lowest BCUT2D eigenvalue weighted by atomic mass is 9.99. The van der Waals surface area contributed by atoms with Crippen molar-refractivity contribution in [2.45, 2.75) is 6.42 Å². The summed E-state index contributed by atoms with van der Waals surface area (Å²) in [6.07, 6.45) is 0.578. The zero-order chi connectivity index (χ0) is 12.0. The number of nitrogens with one attached hydrogen (secondary N) is 3. The average molecular weight is 228 g/mol. The standard InChI is InChI=1S/C10H20N4O2/c1-14(2)10(16)13-4-3-12-9(15)5-8-6-11-7-8/h8,11H,3-7H2,1-2H3,(H,12,15)(H,13,16). The predicted molar refractivity (Wildman–Crippen MR) is 61.1 cm³/mol. The van der Waals surface area contributed by atoms with Gasteiger partial charge in [-0.15, -0.1) is 0 Å². The lowest BCUT2D eigenvalue weighted by molar-refractivity contribution is -0.122. The van der Waals surface area contributed by atoms with Crippen molar-refractivity contribution >= 4 is 11.9 Å². The summed E-state index contributed by atoms with van der Waals surface area (Å²) in [7, 11) is 3.36. The van der Waals surface area contributed by atoms with Crippen LogP contribution in [0, 0.1) is 5.92 Å². The van der Waals surface area contributed by atoms with E-state index in [0.29, 0.717) is 25.4 Å². The van der Waals surface area contributed by atoms with Crippen molar-refractivity contribution in [3.8, 4) is 0 Å². The molecular formula is C10H20N4O2. The van der Waals surface area contributed by atoms with Crippen LogP contribution in [-0.2, 0) is 4.79 Å². The number of carbonyl (C=O) groups is 2. The third kappa shape index (κ3) is 4.48. The van der Waals surface area contributed by atoms with Crippen LogP contribution < -0.4 is 16.0 Å². The summed E-state index contributed by atoms with van der Waals surface area (Å²) in [5.74, 6) is 0.543. The van der Waals surface area contributed by atoms with Crippen molar-refractivity contribution < 1.29 is 9.59 Å². The van der Waals surface area contributed by atoms with Crippen LogP contribution in [0.15, 0.2) is 0 Å². The number of amides is 3. The van der Waals surface area contributed by atoms with Crippen LogP contribution in [0.25, 0.3) is 0 Å². The maximum absolute atomic E-state index is 11.4. The number of urea groups is 1. The van der Waals surface area contributed by atoms with Crippen molar-refractivity contribution in [2.75, 3.05) is 40.3 Å². The molecule has 1 heterocycles. The van der Waals surface area contributed by atoms with Gasteiger partial charge in [-0.05, 0) is 19.0 Å². The van der Waals surface area contributed by atoms with Gasteiger partial charge in [0.25, 0.3) is 0 Å². The van der Waals surface area contributed by atoms with Gasteiger partial charge in [-0.1, -0.05) is 0 Å². The van der Waals surface area contributed by atoms with Crippen LogP contribution in [0.5, 0.6) is 0 Å². The summed E-state index contributed by atoms with van der Waals surface area (Å²) in [5, 5.41) is 8.57. The molecule has 1 aliphatic rings. The summed E-state index contributed by atoms with van der Waals surface area (Å²) in [4.78, 5) is 23.9. The maximum Gasteiger partial charge on any atom is 0.316 e. The lowest BCUT2D eigenvalue weighted by Gasteiger charge is -2.26. The van der Waals surface area contributed by atoms with Gasteiger partial charge in [0.1, 0.15) is 0 Å². The van der Waals surface area contributed by atoms with Crippen molar-refractivity contribution in [1.82, 2.24) is 20.9 Å². The Kier molecular flexibility index (Phi) is 5.04. The highest BCUT2D eigenvalue weighted by Crippen LogP contribution is 2.06. The first kappa shape index (κ1) is 12.8. The Bertz CT molecular complexity index is 251. The summed E-state index contributed by atoms with van der Waals surface area (Å²) in [5.41, 5.74) is 0. The summed E-state index contributed by atoms with van der Waals surface area (Å²) >= 11 is 0. The van der Waals surface area contributed by atoms with E-state index in [9.17, 15) is 9.59 Å². The molecule has 1 rings (SSSR count). The van der Waals surface area contributed by atoms with Crippen LogP contribution in [0.2, 0.25) is 0 Å². The SMILES string of the molecule is CN(C)C(=O)NCCNC(=O)CC1CNC1. The molecule has 0 aromatic heterocycles. The Hall–Kier alpha value is -1.30. The van der Waals surface area contributed by atoms with Gasteiger partial charge in [-0.3, -0.25) is 4.79 Å². The van der Waals surface area contributed by atoms with Gasteiger partial charge in [0.05, 0.1) is 0 Å². The monoisotopic (exact) mass is 228 g/mol. The Morgan fingerprint density at radius 3 is 2.38 bits per heavy atom. The zero-order valence-corrected chi connectivity index (χ0v) is 9.88. The van der Waals surface area contributed by atoms with E-state index in [2.05, 4.69) is 16.0 Å². The van der Waals surface area contributed by atoms with Crippen LogP contribution in [-0.4, -0.2) is 57.1 Å². The molecule has 0 saturated carbocycles. The van der Waals surface area contributed by atoms with E-state index in [1.165, 1.54) is 4.90 Å². The van der Waals surface area contributed by atoms with Crippen LogP contribution in [0.4, 0.5) is 4.79 Å². The quantitative estimate of drug-likeness (QED) is 0.528. The minimum Gasteiger partial charge on any atom is -0.354 e. The third-order valence-electron chi connectivity index (χ3n) is 2.47. The van der Waals surface area contributed by atoms with Gasteiger partial charge >= 0.3 is 6.03 Å². The molecule has 16 heavy (non-hydrogen) atoms. The van der Waals surface area contributed by atoms with Crippen molar-refractivity contribution in [3.05, 3.63) is 0 Å². The van der Waals surface area contributed by atoms with Gasteiger partial charge in [0.2, 0.25) is 5.91 Å². The van der Waals surface area contributed by atoms with E-state index in [-0.39, 0.29) is 11.9 Å². The molecule has 3 amide bonds. The topological polar surface area (TPSA) is 73.5 Å². The molecule has 0 aromatic rings. The average Bonchev–Trinajstić information content (AvgIpc) is 2.18. The Morgan fingerprint density at radius 1 is 1.25 bits per heavy atom. The largest absolute Gasteiger partial charge is 0.354 e. The van der Waals surface area contributed by atoms with E-state index in [1.54, 1.807) is 14.1 Å². The van der Waals surface area contributed by atoms with Crippen molar-refractivity contribution in [2.24, 2.45) is 5.92 Å². The Balaban J connectivity index is 1.97. The fourth-order valence-electron chi connectivity index (χ4n) is 1.36. The van der Waals surface area contributed by atoms with Gasteiger partial charge in [0.15, 0.2) is 0 Å². The van der Waals surface area contributed by atoms with E-state index in [4.69, 9.17) is 0 Å². The van der Waals surface area contributed by atoms with Crippen molar-refractivity contribution in [3.63, 3.8) is 0 Å². The second kappa shape index (κ2) is 6.32. The van der Waals surface area contributed by atoms with Gasteiger partial charge in [-0.2, -0.15) is 0 Å². The van der Waals surface area contributed by atoms with Crippen LogP contribution in [0.1, 0.15) is 6.42 Å². The molecule has 0 aliphatic carbocycles. The summed E-state index contributed by atoms with van der Waals surface area (Å²) in [6, 6.07) is -0.141. The minimum absolute atomic E-state index is 0.0607. The number of hydrogen-bond acceptors (Lipinski definition) is 3. The van der Waals surface area contributed by atoms with Gasteiger partial charge < -0.3 is 20.9 Å². The van der Waals surface area contributed by atoms with E-state index >= 15 is 0 Å². The molecule has 6 heteroatoms. The molecule has 0 unspecified atom stereocenters. The molecule has 1 aliphatic heterocycles. The van der Waals surface area contributed by atoms with E-state index < -0.39 is 0 Å². The Morgan fingerprint density at radius 2 is 1.88 bits per heavy atom. The number of nitrogens with zero attached hydrogens (tertiary/aromatic N) is 1. The zero-order valence-electron chi connectivity index (χ0n) is 9.88. The fraction of sp³-hybridized carbons (Fsp3) is 0.800. The van der Waals surface area contributed by atoms with Crippen LogP contribution >= 0.6 is 0 Å². The first-order valence-corrected chi connectivity index (χ1v) is 5.52. The van der Waals surface area contributed by atoms with E-state index in [1.807, 2.05) is 0 Å². The van der Waals surface area contributed by atoms with Crippen molar-refractivity contribution in [1.29, 1.82) is 0 Å². The Labute approximate surface area is 95.8 Å². The highest BCUT2D eigenvalue weighted by Gasteiger charge is 2.19. The molecule has 1 saturated heterocycles. The molecule has 92 valence electrons. The molecule has 0 radical (unpaired) electrons. The maximum atomic E-state index is 11.4. The molecule has 1 fully saturated rings. The normalized spacial score (nSPS) is 15.1. The second-order valence-electron chi connectivity index (χ2n) is 4.20.